The average molecular weight is 650 g/mol. The molecule has 43 heavy (non-hydrogen) atoms. The van der Waals surface area contributed by atoms with Crippen molar-refractivity contribution in [2.45, 2.75) is 12.4 Å². The first-order chi connectivity index (χ1) is 19.6. The number of hydrogen-bond acceptors (Lipinski definition) is 6. The monoisotopic (exact) mass is 650 g/mol. The number of carbonyl (C=O) groups excluding carboxylic acids is 2. The number of carboxylic acids is 2. The molecule has 3 aromatic rings. The third kappa shape index (κ3) is 9.27. The van der Waals surface area contributed by atoms with Crippen molar-refractivity contribution < 1.29 is 73.8 Å². The fraction of sp³-hybridized carbons (Fsp3) is 0.154. The Balaban J connectivity index is 0.000000362. The van der Waals surface area contributed by atoms with Crippen molar-refractivity contribution in [1.29, 1.82) is 0 Å². The Morgan fingerprint density at radius 2 is 1.00 bits per heavy atom. The van der Waals surface area contributed by atoms with E-state index in [2.05, 4.69) is 10.6 Å². The van der Waals surface area contributed by atoms with Crippen molar-refractivity contribution in [1.82, 2.24) is 19.9 Å². The van der Waals surface area contributed by atoms with Crippen molar-refractivity contribution in [3.63, 3.8) is 0 Å². The Morgan fingerprint density at radius 3 is 1.28 bits per heavy atom. The summed E-state index contributed by atoms with van der Waals surface area (Å²) in [4.78, 5) is 36.6. The number of rotatable bonds is 2. The molecule has 0 unspecified atom stereocenters. The number of aromatic nitrogens is 4. The van der Waals surface area contributed by atoms with E-state index in [0.717, 1.165) is 56.2 Å². The van der Waals surface area contributed by atoms with Crippen LogP contribution in [0.3, 0.4) is 0 Å². The van der Waals surface area contributed by atoms with Crippen LogP contribution in [0.2, 0.25) is 0 Å². The molecule has 0 aliphatic carbocycles. The zero-order valence-corrected chi connectivity index (χ0v) is 23.1. The number of fused-ring (bicyclic) bond motifs is 8. The summed E-state index contributed by atoms with van der Waals surface area (Å²) in [5, 5.41) is 21.7. The summed E-state index contributed by atoms with van der Waals surface area (Å²) < 4.78 is 63.1. The van der Waals surface area contributed by atoms with Crippen LogP contribution in [-0.2, 0) is 26.7 Å². The van der Waals surface area contributed by atoms with Gasteiger partial charge in [-0.25, -0.2) is 9.97 Å². The van der Waals surface area contributed by atoms with E-state index >= 15 is 0 Å². The van der Waals surface area contributed by atoms with Gasteiger partial charge in [-0.1, -0.05) is 47.4 Å². The molecular formula is C26H20F6FeN6O4. The zero-order chi connectivity index (χ0) is 31.2. The number of carbonyl (C=O) groups is 2. The van der Waals surface area contributed by atoms with Crippen LogP contribution in [-0.4, -0.2) is 48.4 Å². The molecule has 2 aliphatic rings. The second-order valence-electron chi connectivity index (χ2n) is 8.28. The van der Waals surface area contributed by atoms with Gasteiger partial charge in [-0.2, -0.15) is 26.3 Å². The van der Waals surface area contributed by atoms with E-state index in [-0.39, 0.29) is 17.1 Å². The Labute approximate surface area is 249 Å². The van der Waals surface area contributed by atoms with Crippen LogP contribution < -0.4 is 30.8 Å². The molecule has 0 radical (unpaired) electrons. The normalized spacial score (nSPS) is 11.9. The minimum Gasteiger partial charge on any atom is -0.653 e. The van der Waals surface area contributed by atoms with Crippen LogP contribution in [0.25, 0.3) is 46.4 Å². The van der Waals surface area contributed by atoms with Crippen molar-refractivity contribution in [2.24, 2.45) is 0 Å². The number of carboxylic acid groups (broad SMARTS) is 2. The smallest absolute Gasteiger partial charge is 0.653 e. The second kappa shape index (κ2) is 14.2. The van der Waals surface area contributed by atoms with E-state index < -0.39 is 24.3 Å². The molecule has 0 saturated carbocycles. The summed E-state index contributed by atoms with van der Waals surface area (Å²) >= 11 is 0. The van der Waals surface area contributed by atoms with Gasteiger partial charge in [0.25, 0.3) is 0 Å². The first kappa shape index (κ1) is 34.8. The fourth-order valence-electron chi connectivity index (χ4n) is 3.59. The number of alkyl halides is 6. The van der Waals surface area contributed by atoms with Crippen LogP contribution in [0.1, 0.15) is 22.8 Å². The molecule has 0 aromatic carbocycles. The SMILES string of the molecule is C[NH2+]c1c2nc(cc3ccc([n-]3)c([NH2+]C)c3nc(cc4ccc1[n-]4)C=C3)C=C2.O=C([O-])C(F)(F)F.O=C([O-])C(F)(F)F.[Fe+2]. The van der Waals surface area contributed by atoms with Crippen LogP contribution in [0.5, 0.6) is 0 Å². The molecule has 2 aliphatic heterocycles. The Kier molecular flexibility index (Phi) is 11.4. The third-order valence-corrected chi connectivity index (χ3v) is 5.38. The maximum Gasteiger partial charge on any atom is 2.00 e. The van der Waals surface area contributed by atoms with Gasteiger partial charge in [-0.3, -0.25) is 0 Å². The van der Waals surface area contributed by atoms with E-state index in [0.29, 0.717) is 0 Å². The Morgan fingerprint density at radius 1 is 0.674 bits per heavy atom. The number of nitrogens with two attached hydrogens (primary N) is 2. The minimum atomic E-state index is -5.19. The van der Waals surface area contributed by atoms with Crippen molar-refractivity contribution in [3.8, 4) is 0 Å². The maximum atomic E-state index is 10.5. The molecule has 0 spiro atoms. The van der Waals surface area contributed by atoms with Crippen LogP contribution in [0, 0.1) is 0 Å². The quantitative estimate of drug-likeness (QED) is 0.201. The predicted molar refractivity (Wildman–Crippen MR) is 134 cm³/mol. The molecular weight excluding hydrogens is 630 g/mol. The van der Waals surface area contributed by atoms with Gasteiger partial charge in [0.15, 0.2) is 0 Å². The first-order valence-electron chi connectivity index (χ1n) is 11.8. The number of quaternary nitrogens is 2. The second-order valence-corrected chi connectivity index (χ2v) is 8.28. The average Bonchev–Trinajstić information content (AvgIpc) is 3.70. The number of nitrogens with zero attached hydrogens (tertiary/aromatic N) is 4. The molecule has 5 rings (SSSR count). The van der Waals surface area contributed by atoms with Gasteiger partial charge in [-0.05, 0) is 24.3 Å². The minimum absolute atomic E-state index is 0. The molecule has 228 valence electrons. The summed E-state index contributed by atoms with van der Waals surface area (Å²) in [6, 6.07) is 12.1. The van der Waals surface area contributed by atoms with Crippen LogP contribution in [0.15, 0.2) is 36.4 Å². The third-order valence-electron chi connectivity index (χ3n) is 5.38. The number of aliphatic carboxylic acids is 2. The van der Waals surface area contributed by atoms with Gasteiger partial charge < -0.3 is 40.4 Å². The molecule has 5 heterocycles. The van der Waals surface area contributed by atoms with Gasteiger partial charge in [0, 0.05) is 0 Å². The van der Waals surface area contributed by atoms with Gasteiger partial charge in [-0.15, -0.1) is 11.0 Å². The molecule has 0 fully saturated rings. The predicted octanol–water partition coefficient (Wildman–Crippen LogP) is 0.158. The zero-order valence-electron chi connectivity index (χ0n) is 22.0. The number of halogens is 6. The standard InChI is InChI=1S/C22H18N6.2C2HF3O2.Fe/c1-23-21-17-7-3-13(25-17)11-15-5-9-19(27-15)22(24-2)20-10-6-16(28-20)12-14-4-8-18(21)26-14;2*3-2(4,5)1(6)7;/h3-12,23-24H,1-2H3;2*(H,6,7);/q-2;;;+2. The largest absolute Gasteiger partial charge is 2.00 e. The van der Waals surface area contributed by atoms with Gasteiger partial charge >= 0.3 is 29.4 Å². The first-order valence-corrected chi connectivity index (χ1v) is 11.8. The van der Waals surface area contributed by atoms with Gasteiger partial charge in [0.05, 0.1) is 25.5 Å². The van der Waals surface area contributed by atoms with Crippen LogP contribution in [0.4, 0.5) is 37.7 Å². The van der Waals surface area contributed by atoms with E-state index in [1.807, 2.05) is 74.8 Å². The Hall–Kier alpha value is -4.44. The summed E-state index contributed by atoms with van der Waals surface area (Å²) in [7, 11) is 4.02. The molecule has 17 heteroatoms. The summed E-state index contributed by atoms with van der Waals surface area (Å²) in [5.74, 6) is -6.01. The molecule has 8 bridgehead atoms. The van der Waals surface area contributed by atoms with E-state index in [4.69, 9.17) is 39.7 Å². The van der Waals surface area contributed by atoms with Crippen molar-refractivity contribution >= 4 is 69.7 Å². The fourth-order valence-corrected chi connectivity index (χ4v) is 3.59. The molecule has 0 atom stereocenters. The Bertz CT molecular complexity index is 1580. The summed E-state index contributed by atoms with van der Waals surface area (Å²) in [5.41, 5.74) is 9.27. The topological polar surface area (TPSA) is 167 Å². The van der Waals surface area contributed by atoms with Crippen molar-refractivity contribution in [3.05, 3.63) is 59.2 Å². The van der Waals surface area contributed by atoms with E-state index in [9.17, 15) is 26.3 Å². The van der Waals surface area contributed by atoms with Crippen molar-refractivity contribution in [2.75, 3.05) is 14.1 Å². The number of hydrogen-bond donors (Lipinski definition) is 2. The van der Waals surface area contributed by atoms with Crippen LogP contribution >= 0.6 is 0 Å². The molecule has 4 N–H and O–H groups in total. The maximum absolute atomic E-state index is 10.5. The molecule has 0 saturated heterocycles. The van der Waals surface area contributed by atoms with E-state index in [1.165, 1.54) is 0 Å². The van der Waals surface area contributed by atoms with Gasteiger partial charge in [0.1, 0.15) is 34.7 Å². The van der Waals surface area contributed by atoms with E-state index in [1.54, 1.807) is 0 Å². The summed E-state index contributed by atoms with van der Waals surface area (Å²) in [6.45, 7) is 0. The molecule has 3 aromatic heterocycles. The molecule has 0 amide bonds. The molecule has 10 nitrogen and oxygen atoms in total. The van der Waals surface area contributed by atoms with Gasteiger partial charge in [0.2, 0.25) is 0 Å². The summed E-state index contributed by atoms with van der Waals surface area (Å²) in [6.07, 6.45) is -2.29.